The number of benzene rings is 3. The molecule has 0 bridgehead atoms. The predicted octanol–water partition coefficient (Wildman–Crippen LogP) is 3.40. The second-order valence-corrected chi connectivity index (χ2v) is 10.5. The van der Waals surface area contributed by atoms with Crippen molar-refractivity contribution in [3.05, 3.63) is 137 Å². The van der Waals surface area contributed by atoms with Crippen molar-refractivity contribution in [1.82, 2.24) is 25.9 Å². The summed E-state index contributed by atoms with van der Waals surface area (Å²) in [6, 6.07) is 26.3. The van der Waals surface area contributed by atoms with Crippen molar-refractivity contribution in [2.75, 3.05) is 12.4 Å². The number of nitrogens with zero attached hydrogens (tertiary/aromatic N) is 2. The lowest BCUT2D eigenvalue weighted by molar-refractivity contribution is -0.145. The van der Waals surface area contributed by atoms with Gasteiger partial charge < -0.3 is 26.0 Å². The number of amides is 3. The first kappa shape index (κ1) is 33.1. The van der Waals surface area contributed by atoms with Gasteiger partial charge in [0.05, 0.1) is 7.11 Å². The number of rotatable bonds is 13. The van der Waals surface area contributed by atoms with Gasteiger partial charge in [0.2, 0.25) is 11.9 Å². The van der Waals surface area contributed by atoms with Crippen LogP contribution in [0.4, 0.5) is 5.95 Å². The fraction of sp³-hybridized carbons (Fsp3) is 0.200. The smallest absolute Gasteiger partial charge is 0.328 e. The van der Waals surface area contributed by atoms with Gasteiger partial charge in [-0.1, -0.05) is 78.9 Å². The maximum atomic E-state index is 13.8. The summed E-state index contributed by atoms with van der Waals surface area (Å²) in [5.41, 5.74) is 3.13. The van der Waals surface area contributed by atoms with E-state index in [0.717, 1.165) is 11.1 Å². The lowest BCUT2D eigenvalue weighted by atomic mass is 10.0. The average molecular weight is 621 g/mol. The molecule has 11 heteroatoms. The van der Waals surface area contributed by atoms with E-state index in [0.29, 0.717) is 17.0 Å². The fourth-order valence-electron chi connectivity index (χ4n) is 4.62. The molecular weight excluding hydrogens is 584 g/mol. The molecular formula is C35H36N6O5. The normalized spacial score (nSPS) is 12.3. The molecule has 2 atom stereocenters. The largest absolute Gasteiger partial charge is 0.467 e. The van der Waals surface area contributed by atoms with Crippen LogP contribution in [0, 0.1) is 13.8 Å². The fourth-order valence-corrected chi connectivity index (χ4v) is 4.62. The minimum Gasteiger partial charge on any atom is -0.467 e. The van der Waals surface area contributed by atoms with E-state index in [1.165, 1.54) is 13.3 Å². The van der Waals surface area contributed by atoms with Crippen LogP contribution in [0.25, 0.3) is 0 Å². The van der Waals surface area contributed by atoms with Crippen LogP contribution in [0.5, 0.6) is 0 Å². The highest BCUT2D eigenvalue weighted by Gasteiger charge is 2.29. The van der Waals surface area contributed by atoms with Gasteiger partial charge in [0, 0.05) is 36.0 Å². The summed E-state index contributed by atoms with van der Waals surface area (Å²) in [5.74, 6) is -2.31. The summed E-state index contributed by atoms with van der Waals surface area (Å²) in [6.45, 7) is 3.61. The molecule has 3 amide bonds. The molecule has 4 N–H and O–H groups in total. The third-order valence-electron chi connectivity index (χ3n) is 6.85. The van der Waals surface area contributed by atoms with Crippen molar-refractivity contribution in [3.63, 3.8) is 0 Å². The zero-order valence-corrected chi connectivity index (χ0v) is 25.8. The second kappa shape index (κ2) is 16.3. The Morgan fingerprint density at radius 3 is 1.80 bits per heavy atom. The van der Waals surface area contributed by atoms with E-state index in [9.17, 15) is 19.2 Å². The van der Waals surface area contributed by atoms with Crippen molar-refractivity contribution in [2.24, 2.45) is 0 Å². The predicted molar refractivity (Wildman–Crippen MR) is 173 cm³/mol. The first-order valence-electron chi connectivity index (χ1n) is 14.6. The third-order valence-corrected chi connectivity index (χ3v) is 6.85. The standard InChI is InChI=1S/C35H36N6O5/c1-23-19-24(2)38-35(37-23)36-22-30(41-31(42)27-17-11-6-12-18-27)33(44)39-28(20-25-13-7-4-8-14-25)32(43)40-29(34(45)46-3)21-26-15-9-5-10-16-26/h4-19,22,28-29H,20-21H2,1-3H3,(H,39,44)(H,40,43)(H,41,42)(H,36,37,38)/b30-22-/t28-,29-/m0/s1. The SMILES string of the molecule is COC(=O)[C@H](Cc1ccccc1)NC(=O)[C@H](Cc1ccccc1)NC(=O)/C(=C/Nc1nc(C)cc(C)n1)NC(=O)c1ccccc1. The second-order valence-electron chi connectivity index (χ2n) is 10.5. The molecule has 3 aromatic carbocycles. The molecule has 236 valence electrons. The number of esters is 1. The van der Waals surface area contributed by atoms with E-state index in [1.54, 1.807) is 50.2 Å². The Bertz CT molecular complexity index is 1660. The first-order valence-corrected chi connectivity index (χ1v) is 14.6. The van der Waals surface area contributed by atoms with E-state index < -0.39 is 35.8 Å². The molecule has 0 spiro atoms. The number of aromatic nitrogens is 2. The average Bonchev–Trinajstić information content (AvgIpc) is 3.06. The Balaban J connectivity index is 1.61. The van der Waals surface area contributed by atoms with Crippen LogP contribution in [0.3, 0.4) is 0 Å². The quantitative estimate of drug-likeness (QED) is 0.131. The number of aryl methyl sites for hydroxylation is 2. The van der Waals surface area contributed by atoms with E-state index in [2.05, 4.69) is 31.2 Å². The van der Waals surface area contributed by atoms with E-state index in [1.807, 2.05) is 60.7 Å². The van der Waals surface area contributed by atoms with Gasteiger partial charge in [0.1, 0.15) is 17.8 Å². The minimum absolute atomic E-state index is 0.102. The van der Waals surface area contributed by atoms with Gasteiger partial charge in [-0.25, -0.2) is 14.8 Å². The van der Waals surface area contributed by atoms with Crippen LogP contribution in [-0.2, 0) is 32.0 Å². The van der Waals surface area contributed by atoms with E-state index in [-0.39, 0.29) is 24.5 Å². The van der Waals surface area contributed by atoms with Gasteiger partial charge in [-0.15, -0.1) is 0 Å². The number of methoxy groups -OCH3 is 1. The van der Waals surface area contributed by atoms with Crippen molar-refractivity contribution < 1.29 is 23.9 Å². The van der Waals surface area contributed by atoms with Gasteiger partial charge in [0.25, 0.3) is 11.8 Å². The Kier molecular flexibility index (Phi) is 11.7. The van der Waals surface area contributed by atoms with Gasteiger partial charge in [-0.3, -0.25) is 14.4 Å². The van der Waals surface area contributed by atoms with Crippen molar-refractivity contribution in [1.29, 1.82) is 0 Å². The highest BCUT2D eigenvalue weighted by atomic mass is 16.5. The Morgan fingerprint density at radius 2 is 1.26 bits per heavy atom. The summed E-state index contributed by atoms with van der Waals surface area (Å²) in [6.07, 6.45) is 1.56. The van der Waals surface area contributed by atoms with Gasteiger partial charge >= 0.3 is 5.97 Å². The lowest BCUT2D eigenvalue weighted by Gasteiger charge is -2.23. The molecule has 0 radical (unpaired) electrons. The molecule has 0 saturated heterocycles. The van der Waals surface area contributed by atoms with Gasteiger partial charge in [-0.05, 0) is 43.2 Å². The number of hydrogen-bond donors (Lipinski definition) is 4. The van der Waals surface area contributed by atoms with Crippen LogP contribution in [0.1, 0.15) is 32.9 Å². The molecule has 0 aliphatic heterocycles. The molecule has 1 aromatic heterocycles. The van der Waals surface area contributed by atoms with Crippen LogP contribution >= 0.6 is 0 Å². The Hall–Kier alpha value is -5.84. The van der Waals surface area contributed by atoms with Crippen molar-refractivity contribution >= 4 is 29.6 Å². The number of carbonyl (C=O) groups is 4. The number of nitrogens with one attached hydrogen (secondary N) is 4. The summed E-state index contributed by atoms with van der Waals surface area (Å²) >= 11 is 0. The maximum absolute atomic E-state index is 13.8. The molecule has 46 heavy (non-hydrogen) atoms. The number of hydrogen-bond acceptors (Lipinski definition) is 8. The summed E-state index contributed by atoms with van der Waals surface area (Å²) in [4.78, 5) is 62.0. The Morgan fingerprint density at radius 1 is 0.739 bits per heavy atom. The number of carbonyl (C=O) groups excluding carboxylic acids is 4. The van der Waals surface area contributed by atoms with Crippen LogP contribution in [0.2, 0.25) is 0 Å². The molecule has 0 aliphatic rings. The zero-order valence-electron chi connectivity index (χ0n) is 25.8. The maximum Gasteiger partial charge on any atom is 0.328 e. The zero-order chi connectivity index (χ0) is 32.9. The molecule has 0 unspecified atom stereocenters. The lowest BCUT2D eigenvalue weighted by Crippen LogP contribution is -2.54. The summed E-state index contributed by atoms with van der Waals surface area (Å²) in [5, 5.41) is 11.0. The van der Waals surface area contributed by atoms with Crippen LogP contribution < -0.4 is 21.3 Å². The molecule has 4 aromatic rings. The Labute approximate surface area is 267 Å². The van der Waals surface area contributed by atoms with Crippen LogP contribution in [-0.4, -0.2) is 52.9 Å². The number of ether oxygens (including phenoxy) is 1. The monoisotopic (exact) mass is 620 g/mol. The molecule has 4 rings (SSSR count). The van der Waals surface area contributed by atoms with Gasteiger partial charge in [0.15, 0.2) is 0 Å². The molecule has 0 saturated carbocycles. The molecule has 1 heterocycles. The summed E-state index contributed by atoms with van der Waals surface area (Å²) < 4.78 is 4.96. The minimum atomic E-state index is -1.13. The topological polar surface area (TPSA) is 151 Å². The van der Waals surface area contributed by atoms with Crippen molar-refractivity contribution in [3.8, 4) is 0 Å². The van der Waals surface area contributed by atoms with Crippen molar-refractivity contribution in [2.45, 2.75) is 38.8 Å². The molecule has 0 aliphatic carbocycles. The highest BCUT2D eigenvalue weighted by molar-refractivity contribution is 6.04. The molecule has 0 fully saturated rings. The van der Waals surface area contributed by atoms with Crippen LogP contribution in [0.15, 0.2) is 109 Å². The first-order chi connectivity index (χ1) is 22.2. The van der Waals surface area contributed by atoms with E-state index in [4.69, 9.17) is 4.74 Å². The highest BCUT2D eigenvalue weighted by Crippen LogP contribution is 2.10. The molecule has 11 nitrogen and oxygen atoms in total. The summed E-state index contributed by atoms with van der Waals surface area (Å²) in [7, 11) is 1.24. The van der Waals surface area contributed by atoms with Gasteiger partial charge in [-0.2, -0.15) is 0 Å². The van der Waals surface area contributed by atoms with E-state index >= 15 is 0 Å². The third kappa shape index (κ3) is 9.84. The number of anilines is 1.